The van der Waals surface area contributed by atoms with Crippen molar-refractivity contribution in [2.45, 2.75) is 11.8 Å². The first kappa shape index (κ1) is 13.7. The fourth-order valence-corrected chi connectivity index (χ4v) is 1.49. The van der Waals surface area contributed by atoms with Crippen molar-refractivity contribution in [3.05, 3.63) is 17.7 Å². The van der Waals surface area contributed by atoms with Gasteiger partial charge in [0.15, 0.2) is 0 Å². The fourth-order valence-electron chi connectivity index (χ4n) is 0.866. The summed E-state index contributed by atoms with van der Waals surface area (Å²) in [6.45, 7) is 1.30. The first-order chi connectivity index (χ1) is 5.84. The van der Waals surface area contributed by atoms with Crippen molar-refractivity contribution in [2.75, 3.05) is 0 Å². The minimum absolute atomic E-state index is 0. The molecule has 0 unspecified atom stereocenters. The Hall–Kier alpha value is -0.270. The van der Waals surface area contributed by atoms with Gasteiger partial charge >= 0.3 is 29.6 Å². The van der Waals surface area contributed by atoms with E-state index in [1.54, 1.807) is 0 Å². The van der Waals surface area contributed by atoms with E-state index in [0.29, 0.717) is 0 Å². The predicted octanol–water partition coefficient (Wildman–Crippen LogP) is -2.69. The van der Waals surface area contributed by atoms with Crippen molar-refractivity contribution in [3.63, 3.8) is 0 Å². The molecule has 0 aliphatic rings. The number of hydrogen-bond donors (Lipinski definition) is 2. The van der Waals surface area contributed by atoms with Gasteiger partial charge in [0.1, 0.15) is 21.6 Å². The van der Waals surface area contributed by atoms with Gasteiger partial charge in [-0.3, -0.25) is 0 Å². The maximum absolute atomic E-state index is 10.5. The van der Waals surface area contributed by atoms with E-state index in [1.165, 1.54) is 6.92 Å². The van der Waals surface area contributed by atoms with Crippen LogP contribution in [-0.2, 0) is 10.1 Å². The zero-order valence-corrected chi connectivity index (χ0v) is 10.5. The Bertz CT molecular complexity index is 440. The van der Waals surface area contributed by atoms with Crippen LogP contribution in [0, 0.1) is 6.92 Å². The third-order valence-corrected chi connectivity index (χ3v) is 2.50. The summed E-state index contributed by atoms with van der Waals surface area (Å²) < 4.78 is 31.6. The molecule has 14 heavy (non-hydrogen) atoms. The van der Waals surface area contributed by atoms with Crippen LogP contribution in [-0.4, -0.2) is 23.2 Å². The normalized spacial score (nSPS) is 10.7. The molecule has 1 rings (SSSR count). The SMILES string of the molecule is Cc1c(O)ccc(S(=O)(=O)[O-])c1O.[Na+]. The van der Waals surface area contributed by atoms with Crippen LogP contribution in [0.5, 0.6) is 11.5 Å². The van der Waals surface area contributed by atoms with E-state index in [-0.39, 0.29) is 40.9 Å². The summed E-state index contributed by atoms with van der Waals surface area (Å²) in [5.41, 5.74) is -0.0306. The van der Waals surface area contributed by atoms with Crippen LogP contribution < -0.4 is 29.6 Å². The molecule has 0 heterocycles. The van der Waals surface area contributed by atoms with Crippen LogP contribution in [0.15, 0.2) is 17.0 Å². The molecular formula is C7H7NaO5S. The smallest absolute Gasteiger partial charge is 0.744 e. The van der Waals surface area contributed by atoms with E-state index in [9.17, 15) is 18.1 Å². The molecule has 1 aromatic rings. The molecule has 0 aliphatic carbocycles. The first-order valence-electron chi connectivity index (χ1n) is 3.31. The Balaban J connectivity index is 0.00000169. The molecule has 0 aliphatic heterocycles. The van der Waals surface area contributed by atoms with E-state index in [0.717, 1.165) is 12.1 Å². The zero-order chi connectivity index (χ0) is 10.2. The second-order valence-electron chi connectivity index (χ2n) is 2.51. The summed E-state index contributed by atoms with van der Waals surface area (Å²) in [6.07, 6.45) is 0. The molecule has 0 radical (unpaired) electrons. The Labute approximate surface area is 103 Å². The Morgan fingerprint density at radius 1 is 1.29 bits per heavy atom. The average Bonchev–Trinajstić information content (AvgIpc) is 1.98. The molecule has 0 bridgehead atoms. The predicted molar refractivity (Wildman–Crippen MR) is 42.5 cm³/mol. The molecule has 0 saturated carbocycles. The van der Waals surface area contributed by atoms with Crippen molar-refractivity contribution in [1.82, 2.24) is 0 Å². The van der Waals surface area contributed by atoms with E-state index in [2.05, 4.69) is 0 Å². The molecule has 0 spiro atoms. The van der Waals surface area contributed by atoms with Crippen LogP contribution in [0.4, 0.5) is 0 Å². The molecule has 0 atom stereocenters. The van der Waals surface area contributed by atoms with Crippen molar-refractivity contribution in [2.24, 2.45) is 0 Å². The van der Waals surface area contributed by atoms with Crippen molar-refractivity contribution in [3.8, 4) is 11.5 Å². The third-order valence-electron chi connectivity index (χ3n) is 1.63. The molecule has 72 valence electrons. The molecule has 0 amide bonds. The second kappa shape index (κ2) is 4.50. The molecule has 0 aromatic heterocycles. The van der Waals surface area contributed by atoms with E-state index < -0.39 is 20.8 Å². The molecule has 5 nitrogen and oxygen atoms in total. The van der Waals surface area contributed by atoms with Gasteiger partial charge in [-0.25, -0.2) is 8.42 Å². The van der Waals surface area contributed by atoms with Crippen LogP contribution in [0.3, 0.4) is 0 Å². The van der Waals surface area contributed by atoms with Gasteiger partial charge < -0.3 is 14.8 Å². The van der Waals surface area contributed by atoms with Gasteiger partial charge in [0.2, 0.25) is 0 Å². The number of phenolic OH excluding ortho intramolecular Hbond substituents is 2. The van der Waals surface area contributed by atoms with E-state index in [1.807, 2.05) is 0 Å². The minimum Gasteiger partial charge on any atom is -0.744 e. The van der Waals surface area contributed by atoms with Gasteiger partial charge in [-0.1, -0.05) is 0 Å². The van der Waals surface area contributed by atoms with E-state index >= 15 is 0 Å². The maximum Gasteiger partial charge on any atom is 1.00 e. The monoisotopic (exact) mass is 226 g/mol. The van der Waals surface area contributed by atoms with Crippen LogP contribution in [0.25, 0.3) is 0 Å². The molecule has 7 heteroatoms. The quantitative estimate of drug-likeness (QED) is 0.401. The average molecular weight is 226 g/mol. The standard InChI is InChI=1S/C7H8O5S.Na/c1-4-5(8)2-3-6(7(4)9)13(10,11)12;/h2-3,8-9H,1H3,(H,10,11,12);/q;+1/p-1. The Morgan fingerprint density at radius 3 is 2.21 bits per heavy atom. The van der Waals surface area contributed by atoms with Gasteiger partial charge in [-0.05, 0) is 19.1 Å². The van der Waals surface area contributed by atoms with E-state index in [4.69, 9.17) is 5.11 Å². The van der Waals surface area contributed by atoms with Crippen molar-refractivity contribution < 1.29 is 52.7 Å². The van der Waals surface area contributed by atoms with Gasteiger partial charge in [-0.2, -0.15) is 0 Å². The van der Waals surface area contributed by atoms with Crippen molar-refractivity contribution in [1.29, 1.82) is 0 Å². The molecule has 0 saturated heterocycles. The second-order valence-corrected chi connectivity index (χ2v) is 3.86. The molecule has 1 aromatic carbocycles. The van der Waals surface area contributed by atoms with Crippen LogP contribution >= 0.6 is 0 Å². The first-order valence-corrected chi connectivity index (χ1v) is 4.72. The Kier molecular flexibility index (Phi) is 4.41. The Morgan fingerprint density at radius 2 is 1.79 bits per heavy atom. The summed E-state index contributed by atoms with van der Waals surface area (Å²) in [5, 5.41) is 18.2. The summed E-state index contributed by atoms with van der Waals surface area (Å²) in [5.74, 6) is -0.958. The number of benzene rings is 1. The third kappa shape index (κ3) is 2.61. The topological polar surface area (TPSA) is 97.7 Å². The van der Waals surface area contributed by atoms with Crippen molar-refractivity contribution >= 4 is 10.1 Å². The fraction of sp³-hybridized carbons (Fsp3) is 0.143. The number of phenols is 2. The minimum atomic E-state index is -4.68. The summed E-state index contributed by atoms with van der Waals surface area (Å²) in [7, 11) is -4.68. The van der Waals surface area contributed by atoms with Gasteiger partial charge in [0.25, 0.3) is 0 Å². The number of hydrogen-bond acceptors (Lipinski definition) is 5. The van der Waals surface area contributed by atoms with Gasteiger partial charge in [-0.15, -0.1) is 0 Å². The number of aromatic hydroxyl groups is 2. The summed E-state index contributed by atoms with van der Waals surface area (Å²) in [4.78, 5) is -0.720. The molecular weight excluding hydrogens is 219 g/mol. The van der Waals surface area contributed by atoms with Gasteiger partial charge in [0.05, 0.1) is 4.90 Å². The maximum atomic E-state index is 10.5. The van der Waals surface area contributed by atoms with Gasteiger partial charge in [0, 0.05) is 5.56 Å². The van der Waals surface area contributed by atoms with Crippen LogP contribution in [0.2, 0.25) is 0 Å². The molecule has 2 N–H and O–H groups in total. The summed E-state index contributed by atoms with van der Waals surface area (Å²) in [6, 6.07) is 1.90. The summed E-state index contributed by atoms with van der Waals surface area (Å²) >= 11 is 0. The zero-order valence-electron chi connectivity index (χ0n) is 7.68. The van der Waals surface area contributed by atoms with Crippen LogP contribution in [0.1, 0.15) is 5.56 Å². The largest absolute Gasteiger partial charge is 1.00 e. The number of rotatable bonds is 1. The molecule has 0 fully saturated rings.